The Labute approximate surface area is 103 Å². The standard InChI is InChI=1S/C14H22N2O/c1-10-8-15-13(12-5-6-12)9-16(10)11(2)14-4-3-7-17-14/h3-4,7,10-13,15H,5-6,8-9H2,1-2H3. The van der Waals surface area contributed by atoms with Gasteiger partial charge >= 0.3 is 0 Å². The van der Waals surface area contributed by atoms with Crippen LogP contribution in [0.15, 0.2) is 22.8 Å². The van der Waals surface area contributed by atoms with E-state index in [0.717, 1.165) is 24.8 Å². The molecule has 0 spiro atoms. The fourth-order valence-corrected chi connectivity index (χ4v) is 2.96. The van der Waals surface area contributed by atoms with Crippen LogP contribution in [0.1, 0.15) is 38.5 Å². The lowest BCUT2D eigenvalue weighted by molar-refractivity contribution is 0.0820. The lowest BCUT2D eigenvalue weighted by Crippen LogP contribution is -2.56. The van der Waals surface area contributed by atoms with E-state index in [9.17, 15) is 0 Å². The molecule has 3 heteroatoms. The molecule has 1 N–H and O–H groups in total. The summed E-state index contributed by atoms with van der Waals surface area (Å²) in [5, 5.41) is 3.69. The zero-order valence-electron chi connectivity index (χ0n) is 10.7. The van der Waals surface area contributed by atoms with Crippen LogP contribution in [0.4, 0.5) is 0 Å². The van der Waals surface area contributed by atoms with Crippen molar-refractivity contribution in [3.63, 3.8) is 0 Å². The number of piperazine rings is 1. The van der Waals surface area contributed by atoms with Crippen LogP contribution in [-0.2, 0) is 0 Å². The van der Waals surface area contributed by atoms with E-state index in [2.05, 4.69) is 30.1 Å². The van der Waals surface area contributed by atoms with Crippen LogP contribution in [0.5, 0.6) is 0 Å². The molecule has 1 saturated carbocycles. The predicted octanol–water partition coefficient (Wildman–Crippen LogP) is 2.41. The highest BCUT2D eigenvalue weighted by atomic mass is 16.3. The fourth-order valence-electron chi connectivity index (χ4n) is 2.96. The number of nitrogens with zero attached hydrogens (tertiary/aromatic N) is 1. The predicted molar refractivity (Wildman–Crippen MR) is 67.8 cm³/mol. The molecule has 0 radical (unpaired) electrons. The van der Waals surface area contributed by atoms with Gasteiger partial charge in [-0.05, 0) is 44.7 Å². The van der Waals surface area contributed by atoms with Gasteiger partial charge in [-0.25, -0.2) is 0 Å². The van der Waals surface area contributed by atoms with Crippen molar-refractivity contribution in [3.05, 3.63) is 24.2 Å². The molecule has 3 rings (SSSR count). The molecule has 3 atom stereocenters. The van der Waals surface area contributed by atoms with Gasteiger partial charge in [0.25, 0.3) is 0 Å². The average molecular weight is 234 g/mol. The van der Waals surface area contributed by atoms with Crippen LogP contribution in [0.3, 0.4) is 0 Å². The molecule has 94 valence electrons. The molecule has 1 aromatic heterocycles. The molecular formula is C14H22N2O. The molecule has 1 saturated heterocycles. The summed E-state index contributed by atoms with van der Waals surface area (Å²) < 4.78 is 5.55. The van der Waals surface area contributed by atoms with Gasteiger partial charge < -0.3 is 9.73 Å². The van der Waals surface area contributed by atoms with E-state index >= 15 is 0 Å². The zero-order chi connectivity index (χ0) is 11.8. The topological polar surface area (TPSA) is 28.4 Å². The fraction of sp³-hybridized carbons (Fsp3) is 0.714. The Bertz CT molecular complexity index is 358. The zero-order valence-corrected chi connectivity index (χ0v) is 10.7. The molecule has 0 bridgehead atoms. The van der Waals surface area contributed by atoms with Crippen LogP contribution in [0, 0.1) is 5.92 Å². The van der Waals surface area contributed by atoms with Crippen molar-refractivity contribution >= 4 is 0 Å². The summed E-state index contributed by atoms with van der Waals surface area (Å²) in [5.41, 5.74) is 0. The summed E-state index contributed by atoms with van der Waals surface area (Å²) >= 11 is 0. The molecule has 3 nitrogen and oxygen atoms in total. The third kappa shape index (κ3) is 2.26. The number of hydrogen-bond acceptors (Lipinski definition) is 3. The first-order valence-corrected chi connectivity index (χ1v) is 6.78. The summed E-state index contributed by atoms with van der Waals surface area (Å²) in [6.45, 7) is 6.82. The summed E-state index contributed by atoms with van der Waals surface area (Å²) in [4.78, 5) is 2.58. The maximum Gasteiger partial charge on any atom is 0.120 e. The molecule has 0 aromatic carbocycles. The first kappa shape index (κ1) is 11.3. The third-order valence-corrected chi connectivity index (χ3v) is 4.29. The van der Waals surface area contributed by atoms with Gasteiger partial charge in [0, 0.05) is 25.2 Å². The first-order valence-electron chi connectivity index (χ1n) is 6.78. The SMILES string of the molecule is CC1CNC(C2CC2)CN1C(C)c1ccco1. The highest BCUT2D eigenvalue weighted by molar-refractivity contribution is 5.06. The summed E-state index contributed by atoms with van der Waals surface area (Å²) in [5.74, 6) is 2.02. The Morgan fingerprint density at radius 2 is 2.29 bits per heavy atom. The minimum absolute atomic E-state index is 0.392. The van der Waals surface area contributed by atoms with Gasteiger partial charge in [0.2, 0.25) is 0 Å². The van der Waals surface area contributed by atoms with Crippen molar-refractivity contribution in [1.29, 1.82) is 0 Å². The Morgan fingerprint density at radius 3 is 2.94 bits per heavy atom. The molecular weight excluding hydrogens is 212 g/mol. The molecule has 2 aliphatic rings. The van der Waals surface area contributed by atoms with Crippen LogP contribution in [0.25, 0.3) is 0 Å². The lowest BCUT2D eigenvalue weighted by atomic mass is 10.0. The molecule has 3 unspecified atom stereocenters. The molecule has 2 heterocycles. The second-order valence-electron chi connectivity index (χ2n) is 5.59. The highest BCUT2D eigenvalue weighted by Crippen LogP contribution is 2.36. The molecule has 1 aromatic rings. The van der Waals surface area contributed by atoms with Crippen LogP contribution >= 0.6 is 0 Å². The monoisotopic (exact) mass is 234 g/mol. The van der Waals surface area contributed by atoms with Gasteiger partial charge in [0.15, 0.2) is 0 Å². The van der Waals surface area contributed by atoms with Crippen molar-refractivity contribution in [3.8, 4) is 0 Å². The third-order valence-electron chi connectivity index (χ3n) is 4.29. The molecule has 1 aliphatic heterocycles. The lowest BCUT2D eigenvalue weighted by Gasteiger charge is -2.41. The van der Waals surface area contributed by atoms with E-state index in [1.807, 2.05) is 6.07 Å². The maximum absolute atomic E-state index is 5.55. The van der Waals surface area contributed by atoms with Crippen LogP contribution < -0.4 is 5.32 Å². The van der Waals surface area contributed by atoms with Crippen LogP contribution in [-0.4, -0.2) is 30.1 Å². The molecule has 17 heavy (non-hydrogen) atoms. The Morgan fingerprint density at radius 1 is 1.47 bits per heavy atom. The molecule has 0 amide bonds. The number of rotatable bonds is 3. The van der Waals surface area contributed by atoms with E-state index < -0.39 is 0 Å². The van der Waals surface area contributed by atoms with Gasteiger partial charge in [-0.1, -0.05) is 0 Å². The highest BCUT2D eigenvalue weighted by Gasteiger charge is 2.37. The molecule has 1 aliphatic carbocycles. The van der Waals surface area contributed by atoms with Crippen molar-refractivity contribution in [2.75, 3.05) is 13.1 Å². The number of hydrogen-bond donors (Lipinski definition) is 1. The van der Waals surface area contributed by atoms with Gasteiger partial charge in [0.1, 0.15) is 5.76 Å². The van der Waals surface area contributed by atoms with Crippen LogP contribution in [0.2, 0.25) is 0 Å². The second-order valence-corrected chi connectivity index (χ2v) is 5.59. The van der Waals surface area contributed by atoms with Crippen molar-refractivity contribution < 1.29 is 4.42 Å². The first-order chi connectivity index (χ1) is 8.25. The van der Waals surface area contributed by atoms with Gasteiger partial charge in [-0.2, -0.15) is 0 Å². The second kappa shape index (κ2) is 4.46. The summed E-state index contributed by atoms with van der Waals surface area (Å²) in [7, 11) is 0. The van der Waals surface area contributed by atoms with E-state index in [0.29, 0.717) is 18.1 Å². The minimum Gasteiger partial charge on any atom is -0.468 e. The van der Waals surface area contributed by atoms with E-state index in [1.165, 1.54) is 12.8 Å². The number of nitrogens with one attached hydrogen (secondary N) is 1. The quantitative estimate of drug-likeness (QED) is 0.870. The Balaban J connectivity index is 1.70. The average Bonchev–Trinajstić information content (AvgIpc) is 3.04. The molecule has 2 fully saturated rings. The Hall–Kier alpha value is -0.800. The smallest absolute Gasteiger partial charge is 0.120 e. The van der Waals surface area contributed by atoms with E-state index in [-0.39, 0.29) is 0 Å². The van der Waals surface area contributed by atoms with Gasteiger partial charge in [-0.3, -0.25) is 4.90 Å². The van der Waals surface area contributed by atoms with E-state index in [4.69, 9.17) is 4.42 Å². The van der Waals surface area contributed by atoms with Gasteiger partial charge in [0.05, 0.1) is 12.3 Å². The maximum atomic E-state index is 5.55. The largest absolute Gasteiger partial charge is 0.468 e. The van der Waals surface area contributed by atoms with Crippen molar-refractivity contribution in [2.24, 2.45) is 5.92 Å². The minimum atomic E-state index is 0.392. The summed E-state index contributed by atoms with van der Waals surface area (Å²) in [6.07, 6.45) is 4.60. The van der Waals surface area contributed by atoms with Crippen molar-refractivity contribution in [2.45, 2.75) is 44.8 Å². The number of furan rings is 1. The van der Waals surface area contributed by atoms with Gasteiger partial charge in [-0.15, -0.1) is 0 Å². The van der Waals surface area contributed by atoms with Crippen molar-refractivity contribution in [1.82, 2.24) is 10.2 Å². The summed E-state index contributed by atoms with van der Waals surface area (Å²) in [6, 6.07) is 5.75. The normalized spacial score (nSPS) is 32.6. The Kier molecular flexibility index (Phi) is 2.97. The van der Waals surface area contributed by atoms with E-state index in [1.54, 1.807) is 6.26 Å².